The van der Waals surface area contributed by atoms with Crippen LogP contribution in [0.1, 0.15) is 27.1 Å². The van der Waals surface area contributed by atoms with Crippen LogP contribution in [-0.4, -0.2) is 90.9 Å². The number of carbonyl (C=O) groups excluding carboxylic acids is 3. The number of ether oxygens (including phenoxy) is 2. The molecule has 0 unspecified atom stereocenters. The van der Waals surface area contributed by atoms with Crippen LogP contribution in [-0.2, 0) is 14.3 Å². The second kappa shape index (κ2) is 17.7. The Bertz CT molecular complexity index is 1700. The number of amides is 4. The third-order valence-corrected chi connectivity index (χ3v) is 6.68. The highest BCUT2D eigenvalue weighted by atomic mass is 16.5. The first-order chi connectivity index (χ1) is 23.2. The van der Waals surface area contributed by atoms with Crippen molar-refractivity contribution in [2.75, 3.05) is 63.0 Å². The Kier molecular flexibility index (Phi) is 12.9. The molecule has 0 bridgehead atoms. The van der Waals surface area contributed by atoms with Crippen LogP contribution >= 0.6 is 0 Å². The summed E-state index contributed by atoms with van der Waals surface area (Å²) in [5.41, 5.74) is 4.31. The molecule has 0 saturated heterocycles. The number of anilines is 4. The average molecular weight is 656 g/mol. The molecule has 0 fully saturated rings. The van der Waals surface area contributed by atoms with E-state index in [9.17, 15) is 19.2 Å². The Morgan fingerprint density at radius 2 is 1.48 bits per heavy atom. The van der Waals surface area contributed by atoms with Gasteiger partial charge < -0.3 is 40.7 Å². The van der Waals surface area contributed by atoms with Crippen molar-refractivity contribution in [1.29, 1.82) is 0 Å². The van der Waals surface area contributed by atoms with Crippen LogP contribution in [0.5, 0.6) is 0 Å². The minimum Gasteiger partial charge on any atom is -0.465 e. The Morgan fingerprint density at radius 1 is 0.750 bits per heavy atom. The molecular formula is C34H37N7O7. The van der Waals surface area contributed by atoms with Gasteiger partial charge in [0.2, 0.25) is 5.91 Å². The summed E-state index contributed by atoms with van der Waals surface area (Å²) in [4.78, 5) is 58.1. The van der Waals surface area contributed by atoms with E-state index in [1.165, 1.54) is 11.1 Å². The van der Waals surface area contributed by atoms with E-state index in [-0.39, 0.29) is 57.1 Å². The molecule has 0 atom stereocenters. The highest BCUT2D eigenvalue weighted by molar-refractivity contribution is 6.05. The van der Waals surface area contributed by atoms with Crippen LogP contribution in [0.4, 0.5) is 27.7 Å². The fourth-order valence-electron chi connectivity index (χ4n) is 4.31. The summed E-state index contributed by atoms with van der Waals surface area (Å²) < 4.78 is 10.6. The molecule has 4 rings (SSSR count). The lowest BCUT2D eigenvalue weighted by Gasteiger charge is -2.11. The number of rotatable bonds is 16. The van der Waals surface area contributed by atoms with E-state index < -0.39 is 6.09 Å². The molecule has 48 heavy (non-hydrogen) atoms. The van der Waals surface area contributed by atoms with E-state index in [0.717, 1.165) is 11.1 Å². The predicted octanol–water partition coefficient (Wildman–Crippen LogP) is 4.47. The van der Waals surface area contributed by atoms with Gasteiger partial charge in [0, 0.05) is 49.2 Å². The van der Waals surface area contributed by atoms with Crippen molar-refractivity contribution in [3.05, 3.63) is 96.4 Å². The van der Waals surface area contributed by atoms with Gasteiger partial charge in [-0.15, -0.1) is 0 Å². The van der Waals surface area contributed by atoms with Crippen molar-refractivity contribution >= 4 is 46.7 Å². The molecule has 14 nitrogen and oxygen atoms in total. The van der Waals surface area contributed by atoms with Crippen LogP contribution in [0.3, 0.4) is 0 Å². The number of nitrogens with one attached hydrogen (secondary N) is 4. The highest BCUT2D eigenvalue weighted by Gasteiger charge is 2.11. The first kappa shape index (κ1) is 35.0. The van der Waals surface area contributed by atoms with E-state index >= 15 is 0 Å². The molecule has 0 aliphatic carbocycles. The summed E-state index contributed by atoms with van der Waals surface area (Å²) in [7, 11) is 3.43. The number of hydrogen-bond acceptors (Lipinski definition) is 9. The van der Waals surface area contributed by atoms with Crippen LogP contribution in [0.2, 0.25) is 0 Å². The van der Waals surface area contributed by atoms with Gasteiger partial charge in [-0.2, -0.15) is 0 Å². The molecule has 0 aliphatic heterocycles. The van der Waals surface area contributed by atoms with Gasteiger partial charge in [-0.25, -0.2) is 9.78 Å². The molecule has 0 aliphatic rings. The van der Waals surface area contributed by atoms with Crippen LogP contribution in [0.15, 0.2) is 85.3 Å². The summed E-state index contributed by atoms with van der Waals surface area (Å²) >= 11 is 0. The largest absolute Gasteiger partial charge is 0.465 e. The van der Waals surface area contributed by atoms with E-state index in [1.807, 2.05) is 24.3 Å². The summed E-state index contributed by atoms with van der Waals surface area (Å²) in [6, 6.07) is 19.4. The topological polar surface area (TPSA) is 184 Å². The van der Waals surface area contributed by atoms with Gasteiger partial charge in [-0.05, 0) is 54.1 Å². The van der Waals surface area contributed by atoms with E-state index in [2.05, 4.69) is 31.2 Å². The molecule has 5 N–H and O–H groups in total. The number of nitrogens with zero attached hydrogens (tertiary/aromatic N) is 3. The minimum absolute atomic E-state index is 0.0613. The lowest BCUT2D eigenvalue weighted by Crippen LogP contribution is -2.25. The monoisotopic (exact) mass is 655 g/mol. The van der Waals surface area contributed by atoms with Crippen molar-refractivity contribution in [3.8, 4) is 11.1 Å². The average Bonchev–Trinajstić information content (AvgIpc) is 3.07. The van der Waals surface area contributed by atoms with Gasteiger partial charge in [-0.1, -0.05) is 18.2 Å². The molecule has 2 heterocycles. The lowest BCUT2D eigenvalue weighted by molar-refractivity contribution is -0.117. The lowest BCUT2D eigenvalue weighted by atomic mass is 10.1. The van der Waals surface area contributed by atoms with Crippen molar-refractivity contribution in [1.82, 2.24) is 20.2 Å². The summed E-state index contributed by atoms with van der Waals surface area (Å²) in [6.45, 7) is 1.13. The fraction of sp³-hybridized carbons (Fsp3) is 0.235. The molecule has 2 aromatic carbocycles. The SMILES string of the molecule is CN(C)C(=O)c1ccc(-c2ccc(Nc3cncc(NC(=O)c4cccc(NC(=O)CCOCCOCCNC(=O)O)c4)c3)nc2)cc1. The van der Waals surface area contributed by atoms with Gasteiger partial charge in [0.05, 0.1) is 56.6 Å². The van der Waals surface area contributed by atoms with Crippen molar-refractivity contribution < 1.29 is 33.8 Å². The zero-order valence-corrected chi connectivity index (χ0v) is 26.6. The van der Waals surface area contributed by atoms with Crippen molar-refractivity contribution in [2.45, 2.75) is 6.42 Å². The van der Waals surface area contributed by atoms with Crippen LogP contribution < -0.4 is 21.3 Å². The van der Waals surface area contributed by atoms with Gasteiger partial charge in [-0.3, -0.25) is 19.4 Å². The molecule has 14 heteroatoms. The summed E-state index contributed by atoms with van der Waals surface area (Å²) in [5.74, 6) is -0.143. The first-order valence-corrected chi connectivity index (χ1v) is 15.0. The Hall–Kier alpha value is -5.86. The second-order valence-corrected chi connectivity index (χ2v) is 10.6. The molecular weight excluding hydrogens is 618 g/mol. The fourth-order valence-corrected chi connectivity index (χ4v) is 4.31. The molecule has 250 valence electrons. The number of benzene rings is 2. The normalized spacial score (nSPS) is 10.5. The Morgan fingerprint density at radius 3 is 2.19 bits per heavy atom. The molecule has 0 radical (unpaired) electrons. The van der Waals surface area contributed by atoms with Gasteiger partial charge in [0.1, 0.15) is 5.82 Å². The zero-order valence-electron chi connectivity index (χ0n) is 26.6. The molecule has 2 aromatic heterocycles. The second-order valence-electron chi connectivity index (χ2n) is 10.6. The third-order valence-electron chi connectivity index (χ3n) is 6.68. The standard InChI is InChI=1S/C34H37N7O7/c1-41(2)33(44)24-8-6-23(7-9-24)26-10-11-30(37-20-26)38-28-19-29(22-35-21-28)40-32(43)25-4-3-5-27(18-25)39-31(42)12-14-47-16-17-48-15-13-36-34(45)46/h3-11,18-22,36H,12-17H2,1-2H3,(H,37,38)(H,39,42)(H,40,43)(H,45,46). The summed E-state index contributed by atoms with van der Waals surface area (Å²) in [5, 5.41) is 19.4. The van der Waals surface area contributed by atoms with Crippen molar-refractivity contribution in [3.63, 3.8) is 0 Å². The van der Waals surface area contributed by atoms with Gasteiger partial charge in [0.15, 0.2) is 0 Å². The maximum absolute atomic E-state index is 13.0. The number of aromatic nitrogens is 2. The molecule has 4 amide bonds. The Labute approximate surface area is 277 Å². The highest BCUT2D eigenvalue weighted by Crippen LogP contribution is 2.23. The van der Waals surface area contributed by atoms with E-state index in [1.54, 1.807) is 69.0 Å². The zero-order chi connectivity index (χ0) is 34.3. The number of hydrogen-bond donors (Lipinski definition) is 5. The smallest absolute Gasteiger partial charge is 0.404 e. The van der Waals surface area contributed by atoms with Crippen LogP contribution in [0.25, 0.3) is 11.1 Å². The number of carbonyl (C=O) groups is 4. The van der Waals surface area contributed by atoms with E-state index in [0.29, 0.717) is 34.0 Å². The Balaban J connectivity index is 1.23. The predicted molar refractivity (Wildman–Crippen MR) is 181 cm³/mol. The van der Waals surface area contributed by atoms with Gasteiger partial charge in [0.25, 0.3) is 11.8 Å². The van der Waals surface area contributed by atoms with Crippen molar-refractivity contribution in [2.24, 2.45) is 0 Å². The third kappa shape index (κ3) is 11.2. The quantitative estimate of drug-likeness (QED) is 0.108. The first-order valence-electron chi connectivity index (χ1n) is 15.0. The molecule has 0 saturated carbocycles. The maximum atomic E-state index is 13.0. The van der Waals surface area contributed by atoms with Gasteiger partial charge >= 0.3 is 6.09 Å². The van der Waals surface area contributed by atoms with E-state index in [4.69, 9.17) is 14.6 Å². The maximum Gasteiger partial charge on any atom is 0.404 e. The number of pyridine rings is 2. The summed E-state index contributed by atoms with van der Waals surface area (Å²) in [6.07, 6.45) is 3.85. The number of carboxylic acid groups (broad SMARTS) is 1. The molecule has 4 aromatic rings. The van der Waals surface area contributed by atoms with Crippen LogP contribution in [0, 0.1) is 0 Å². The minimum atomic E-state index is -1.11. The molecule has 0 spiro atoms.